The van der Waals surface area contributed by atoms with Crippen LogP contribution in [0.1, 0.15) is 50.1 Å². The summed E-state index contributed by atoms with van der Waals surface area (Å²) in [6, 6.07) is 7.25. The summed E-state index contributed by atoms with van der Waals surface area (Å²) in [6.07, 6.45) is 9.23. The van der Waals surface area contributed by atoms with Crippen LogP contribution in [0.3, 0.4) is 0 Å². The monoisotopic (exact) mass is 518 g/mol. The van der Waals surface area contributed by atoms with E-state index >= 15 is 0 Å². The maximum atomic E-state index is 13.4. The maximum absolute atomic E-state index is 13.4. The number of thiazole rings is 1. The third-order valence-corrected chi connectivity index (χ3v) is 7.38. The van der Waals surface area contributed by atoms with Gasteiger partial charge in [-0.25, -0.2) is 15.0 Å². The summed E-state index contributed by atoms with van der Waals surface area (Å²) in [5.74, 6) is 1.59. The fraction of sp³-hybridized carbons (Fsp3) is 0.346. The number of anilines is 3. The van der Waals surface area contributed by atoms with E-state index in [1.807, 2.05) is 16.8 Å². The topological polar surface area (TPSA) is 120 Å². The van der Waals surface area contributed by atoms with Gasteiger partial charge in [0.2, 0.25) is 11.8 Å². The molecule has 190 valence electrons. The van der Waals surface area contributed by atoms with Gasteiger partial charge < -0.3 is 24.7 Å². The number of carbonyl (C=O) groups is 1. The van der Waals surface area contributed by atoms with Crippen LogP contribution in [0.25, 0.3) is 10.2 Å². The van der Waals surface area contributed by atoms with E-state index in [-0.39, 0.29) is 17.5 Å². The van der Waals surface area contributed by atoms with Crippen molar-refractivity contribution in [1.82, 2.24) is 19.5 Å². The fourth-order valence-electron chi connectivity index (χ4n) is 4.47. The molecule has 0 atom stereocenters. The summed E-state index contributed by atoms with van der Waals surface area (Å²) in [7, 11) is 0. The summed E-state index contributed by atoms with van der Waals surface area (Å²) in [4.78, 5) is 37.8. The molecule has 1 amide bonds. The van der Waals surface area contributed by atoms with Crippen LogP contribution in [-0.4, -0.2) is 38.6 Å². The zero-order valence-electron chi connectivity index (χ0n) is 20.3. The summed E-state index contributed by atoms with van der Waals surface area (Å²) in [5.41, 5.74) is 2.41. The minimum Gasteiger partial charge on any atom is -0.439 e. The molecule has 0 unspecified atom stereocenters. The molecule has 10 nitrogen and oxygen atoms in total. The van der Waals surface area contributed by atoms with Crippen molar-refractivity contribution in [2.24, 2.45) is 0 Å². The predicted molar refractivity (Wildman–Crippen MR) is 141 cm³/mol. The highest BCUT2D eigenvalue weighted by molar-refractivity contribution is 7.22. The van der Waals surface area contributed by atoms with E-state index in [0.717, 1.165) is 30.4 Å². The molecule has 4 aromatic rings. The lowest BCUT2D eigenvalue weighted by Crippen LogP contribution is -2.30. The van der Waals surface area contributed by atoms with Crippen LogP contribution >= 0.6 is 11.3 Å². The summed E-state index contributed by atoms with van der Waals surface area (Å²) in [5, 5.41) is 6.54. The molecule has 2 N–H and O–H groups in total. The van der Waals surface area contributed by atoms with Crippen molar-refractivity contribution >= 4 is 44.1 Å². The lowest BCUT2D eigenvalue weighted by atomic mass is 10.1. The van der Waals surface area contributed by atoms with Crippen LogP contribution < -0.4 is 20.9 Å². The van der Waals surface area contributed by atoms with E-state index in [1.54, 1.807) is 30.6 Å². The summed E-state index contributed by atoms with van der Waals surface area (Å²) in [6.45, 7) is 2.77. The second-order valence-electron chi connectivity index (χ2n) is 9.31. The second-order valence-corrected chi connectivity index (χ2v) is 10.3. The molecule has 0 aromatic carbocycles. The summed E-state index contributed by atoms with van der Waals surface area (Å²) >= 11 is 1.43. The minimum atomic E-state index is -0.212. The van der Waals surface area contributed by atoms with E-state index < -0.39 is 0 Å². The molecule has 6 rings (SSSR count). The largest absolute Gasteiger partial charge is 0.439 e. The Labute approximate surface area is 216 Å². The third-order valence-electron chi connectivity index (χ3n) is 6.45. The van der Waals surface area contributed by atoms with Gasteiger partial charge in [0.1, 0.15) is 22.8 Å². The number of aromatic nitrogens is 4. The Morgan fingerprint density at radius 3 is 2.78 bits per heavy atom. The normalized spacial score (nSPS) is 16.0. The van der Waals surface area contributed by atoms with Gasteiger partial charge >= 0.3 is 0 Å². The van der Waals surface area contributed by atoms with E-state index in [1.165, 1.54) is 23.8 Å². The average Bonchev–Trinajstić information content (AvgIpc) is 3.66. The van der Waals surface area contributed by atoms with Gasteiger partial charge in [0.05, 0.1) is 10.9 Å². The molecule has 0 spiro atoms. The molecule has 0 radical (unpaired) electrons. The number of nitrogens with zero attached hydrogens (tertiary/aromatic N) is 4. The standard InChI is InChI=1S/C26H26N6O4S/c1-15(33)29-23-11-19(4-7-27-23)36-24-12-22-21(13-28-24)31-26(37-22)30-20-10-17(16-2-3-16)14-32(25(20)34)18-5-8-35-9-6-18/h4,7,10-14,16,18H,2-3,5-6,8-9H2,1H3,(H,30,31)(H,27,29,33). The Balaban J connectivity index is 1.25. The van der Waals surface area contributed by atoms with Crippen LogP contribution in [0.5, 0.6) is 11.6 Å². The number of rotatable bonds is 7. The van der Waals surface area contributed by atoms with E-state index in [2.05, 4.69) is 25.6 Å². The van der Waals surface area contributed by atoms with Gasteiger partial charge in [0, 0.05) is 50.7 Å². The SMILES string of the molecule is CC(=O)Nc1cc(Oc2cc3sc(Nc4cc(C5CC5)cn(C5CCOCC5)c4=O)nc3cn2)ccn1. The van der Waals surface area contributed by atoms with Gasteiger partial charge in [0.15, 0.2) is 5.13 Å². The van der Waals surface area contributed by atoms with Gasteiger partial charge in [-0.3, -0.25) is 9.59 Å². The highest BCUT2D eigenvalue weighted by Gasteiger charge is 2.27. The van der Waals surface area contributed by atoms with Crippen molar-refractivity contribution < 1.29 is 14.3 Å². The molecule has 0 bridgehead atoms. The molecule has 4 aromatic heterocycles. The Morgan fingerprint density at radius 2 is 2.00 bits per heavy atom. The van der Waals surface area contributed by atoms with E-state index in [0.29, 0.717) is 52.9 Å². The van der Waals surface area contributed by atoms with Crippen molar-refractivity contribution in [3.63, 3.8) is 0 Å². The van der Waals surface area contributed by atoms with Crippen LogP contribution in [0.4, 0.5) is 16.6 Å². The Bertz CT molecular complexity index is 1520. The summed E-state index contributed by atoms with van der Waals surface area (Å²) < 4.78 is 14.1. The first-order valence-electron chi connectivity index (χ1n) is 12.3. The Hall–Kier alpha value is -3.83. The number of hydrogen-bond acceptors (Lipinski definition) is 9. The third kappa shape index (κ3) is 5.32. The molecular formula is C26H26N6O4S. The van der Waals surface area contributed by atoms with Gasteiger partial charge in [-0.15, -0.1) is 0 Å². The molecule has 2 fully saturated rings. The van der Waals surface area contributed by atoms with Crippen molar-refractivity contribution in [2.75, 3.05) is 23.8 Å². The van der Waals surface area contributed by atoms with Gasteiger partial charge in [0.25, 0.3) is 5.56 Å². The zero-order chi connectivity index (χ0) is 25.4. The average molecular weight is 519 g/mol. The Morgan fingerprint density at radius 1 is 1.16 bits per heavy atom. The molecule has 1 saturated heterocycles. The number of pyridine rings is 3. The van der Waals surface area contributed by atoms with Crippen molar-refractivity contribution in [3.8, 4) is 11.6 Å². The second kappa shape index (κ2) is 9.91. The minimum absolute atomic E-state index is 0.0367. The first-order valence-corrected chi connectivity index (χ1v) is 13.1. The number of nitrogens with one attached hydrogen (secondary N) is 2. The number of hydrogen-bond donors (Lipinski definition) is 2. The highest BCUT2D eigenvalue weighted by Crippen LogP contribution is 2.41. The van der Waals surface area contributed by atoms with Gasteiger partial charge in [-0.1, -0.05) is 11.3 Å². The maximum Gasteiger partial charge on any atom is 0.274 e. The van der Waals surface area contributed by atoms with Gasteiger partial charge in [-0.05, 0) is 49.3 Å². The first kappa shape index (κ1) is 23.6. The first-order chi connectivity index (χ1) is 18.0. The van der Waals surface area contributed by atoms with Crippen molar-refractivity contribution in [3.05, 3.63) is 58.8 Å². The quantitative estimate of drug-likeness (QED) is 0.352. The number of ether oxygens (including phenoxy) is 2. The molecule has 2 aliphatic rings. The van der Waals surface area contributed by atoms with Crippen molar-refractivity contribution in [1.29, 1.82) is 0 Å². The predicted octanol–water partition coefficient (Wildman–Crippen LogP) is 4.97. The number of carbonyl (C=O) groups excluding carboxylic acids is 1. The van der Waals surface area contributed by atoms with Gasteiger partial charge in [-0.2, -0.15) is 0 Å². The zero-order valence-corrected chi connectivity index (χ0v) is 21.1. The number of amides is 1. The fourth-order valence-corrected chi connectivity index (χ4v) is 5.35. The highest BCUT2D eigenvalue weighted by atomic mass is 32.1. The molecule has 11 heteroatoms. The molecular weight excluding hydrogens is 492 g/mol. The van der Waals surface area contributed by atoms with Crippen molar-refractivity contribution in [2.45, 2.75) is 44.6 Å². The van der Waals surface area contributed by atoms with Crippen LogP contribution in [0, 0.1) is 0 Å². The van der Waals surface area contributed by atoms with Crippen LogP contribution in [0.15, 0.2) is 47.7 Å². The molecule has 37 heavy (non-hydrogen) atoms. The molecule has 1 aliphatic heterocycles. The van der Waals surface area contributed by atoms with Crippen LogP contribution in [0.2, 0.25) is 0 Å². The van der Waals surface area contributed by atoms with Crippen LogP contribution in [-0.2, 0) is 9.53 Å². The Kier molecular flexibility index (Phi) is 6.31. The lowest BCUT2D eigenvalue weighted by molar-refractivity contribution is -0.114. The molecule has 1 saturated carbocycles. The smallest absolute Gasteiger partial charge is 0.274 e. The van der Waals surface area contributed by atoms with E-state index in [4.69, 9.17) is 9.47 Å². The number of fused-ring (bicyclic) bond motifs is 1. The molecule has 1 aliphatic carbocycles. The lowest BCUT2D eigenvalue weighted by Gasteiger charge is -2.25. The van der Waals surface area contributed by atoms with E-state index in [9.17, 15) is 9.59 Å². The molecule has 5 heterocycles.